The summed E-state index contributed by atoms with van der Waals surface area (Å²) in [5.41, 5.74) is 2.45. The Morgan fingerprint density at radius 3 is 2.27 bits per heavy atom. The summed E-state index contributed by atoms with van der Waals surface area (Å²) < 4.78 is 1.98. The van der Waals surface area contributed by atoms with Crippen LogP contribution in [0.25, 0.3) is 5.69 Å². The van der Waals surface area contributed by atoms with Crippen molar-refractivity contribution in [2.45, 2.75) is 12.5 Å². The molecule has 1 aliphatic heterocycles. The van der Waals surface area contributed by atoms with Gasteiger partial charge in [-0.2, -0.15) is 0 Å². The van der Waals surface area contributed by atoms with Gasteiger partial charge in [-0.1, -0.05) is 18.2 Å². The zero-order valence-electron chi connectivity index (χ0n) is 14.2. The monoisotopic (exact) mass is 345 g/mol. The van der Waals surface area contributed by atoms with Crippen LogP contribution in [-0.4, -0.2) is 29.0 Å². The van der Waals surface area contributed by atoms with Crippen LogP contribution in [0, 0.1) is 0 Å². The van der Waals surface area contributed by atoms with Gasteiger partial charge in [0.05, 0.1) is 6.04 Å². The Labute approximate surface area is 151 Å². The van der Waals surface area contributed by atoms with Crippen molar-refractivity contribution >= 4 is 17.5 Å². The number of amides is 2. The Morgan fingerprint density at radius 2 is 1.58 bits per heavy atom. The Kier molecular flexibility index (Phi) is 4.27. The summed E-state index contributed by atoms with van der Waals surface area (Å²) in [5, 5.41) is 2.97. The maximum absolute atomic E-state index is 12.5. The van der Waals surface area contributed by atoms with E-state index in [9.17, 15) is 9.59 Å². The van der Waals surface area contributed by atoms with Crippen molar-refractivity contribution in [1.29, 1.82) is 0 Å². The number of hydrogen-bond acceptors (Lipinski definition) is 2. The first-order valence-electron chi connectivity index (χ1n) is 8.60. The highest BCUT2D eigenvalue weighted by Gasteiger charge is 2.31. The largest absolute Gasteiger partial charge is 0.347 e. The lowest BCUT2D eigenvalue weighted by Crippen LogP contribution is -2.37. The molecular weight excluding hydrogens is 326 g/mol. The second-order valence-corrected chi connectivity index (χ2v) is 6.35. The average molecular weight is 345 g/mol. The van der Waals surface area contributed by atoms with E-state index >= 15 is 0 Å². The highest BCUT2D eigenvalue weighted by Crippen LogP contribution is 2.21. The molecule has 26 heavy (non-hydrogen) atoms. The number of carbonyl (C=O) groups is 2. The normalized spacial score (nSPS) is 16.7. The third-order valence-corrected chi connectivity index (χ3v) is 4.56. The molecule has 1 fully saturated rings. The van der Waals surface area contributed by atoms with Crippen molar-refractivity contribution in [3.8, 4) is 5.69 Å². The predicted molar refractivity (Wildman–Crippen MR) is 100 cm³/mol. The van der Waals surface area contributed by atoms with E-state index in [4.69, 9.17) is 0 Å². The molecule has 1 aliphatic rings. The number of nitrogens with zero attached hydrogens (tertiary/aromatic N) is 2. The summed E-state index contributed by atoms with van der Waals surface area (Å²) in [5.74, 6) is -0.124. The first kappa shape index (κ1) is 16.1. The summed E-state index contributed by atoms with van der Waals surface area (Å²) in [6.07, 6.45) is 4.23. The Morgan fingerprint density at radius 1 is 0.885 bits per heavy atom. The van der Waals surface area contributed by atoms with E-state index in [-0.39, 0.29) is 17.9 Å². The molecule has 1 unspecified atom stereocenters. The fourth-order valence-corrected chi connectivity index (χ4v) is 3.22. The lowest BCUT2D eigenvalue weighted by molar-refractivity contribution is -0.117. The Hall–Kier alpha value is -3.34. The Balaban J connectivity index is 1.41. The summed E-state index contributed by atoms with van der Waals surface area (Å²) in [6.45, 7) is 0.496. The zero-order valence-corrected chi connectivity index (χ0v) is 14.2. The quantitative estimate of drug-likeness (QED) is 0.790. The first-order chi connectivity index (χ1) is 12.7. The van der Waals surface area contributed by atoms with Gasteiger partial charge in [0.25, 0.3) is 5.91 Å². The standard InChI is InChI=1S/C21H19N3O2/c25-20-14-17(15-24(20)19-6-2-1-3-7-19)22-21(26)16-8-10-18(11-9-16)23-12-4-5-13-23/h1-13,17H,14-15H2,(H,22,26). The maximum atomic E-state index is 12.5. The molecule has 130 valence electrons. The SMILES string of the molecule is O=C(NC1CC(=O)N(c2ccccc2)C1)c1ccc(-n2cccc2)cc1. The molecule has 3 aromatic rings. The van der Waals surface area contributed by atoms with Crippen LogP contribution in [0.4, 0.5) is 5.69 Å². The molecule has 2 aromatic carbocycles. The zero-order chi connectivity index (χ0) is 17.9. The van der Waals surface area contributed by atoms with Crippen molar-refractivity contribution in [2.75, 3.05) is 11.4 Å². The van der Waals surface area contributed by atoms with Gasteiger partial charge in [0.1, 0.15) is 0 Å². The summed E-state index contributed by atoms with van der Waals surface area (Å²) in [7, 11) is 0. The van der Waals surface area contributed by atoms with Crippen LogP contribution in [0.5, 0.6) is 0 Å². The number of carbonyl (C=O) groups excluding carboxylic acids is 2. The Bertz CT molecular complexity index is 902. The molecule has 1 aromatic heterocycles. The van der Waals surface area contributed by atoms with Gasteiger partial charge in [-0.05, 0) is 48.5 Å². The highest BCUT2D eigenvalue weighted by molar-refractivity contribution is 5.99. The van der Waals surface area contributed by atoms with E-state index < -0.39 is 0 Å². The molecular formula is C21H19N3O2. The van der Waals surface area contributed by atoms with Gasteiger partial charge in [-0.25, -0.2) is 0 Å². The first-order valence-corrected chi connectivity index (χ1v) is 8.60. The minimum absolute atomic E-state index is 0.0319. The molecule has 5 heteroatoms. The van der Waals surface area contributed by atoms with Crippen LogP contribution in [0.2, 0.25) is 0 Å². The van der Waals surface area contributed by atoms with Crippen molar-refractivity contribution < 1.29 is 9.59 Å². The van der Waals surface area contributed by atoms with Crippen LogP contribution in [0.3, 0.4) is 0 Å². The molecule has 0 spiro atoms. The van der Waals surface area contributed by atoms with Crippen molar-refractivity contribution in [2.24, 2.45) is 0 Å². The van der Waals surface area contributed by atoms with Gasteiger partial charge in [0.2, 0.25) is 5.91 Å². The van der Waals surface area contributed by atoms with E-state index in [1.807, 2.05) is 71.6 Å². The molecule has 0 saturated carbocycles. The van der Waals surface area contributed by atoms with Crippen LogP contribution in [0.1, 0.15) is 16.8 Å². The number of anilines is 1. The number of aromatic nitrogens is 1. The molecule has 0 bridgehead atoms. The summed E-state index contributed by atoms with van der Waals surface area (Å²) in [6, 6.07) is 20.7. The number of para-hydroxylation sites is 1. The highest BCUT2D eigenvalue weighted by atomic mass is 16.2. The smallest absolute Gasteiger partial charge is 0.251 e. The molecule has 0 aliphatic carbocycles. The fraction of sp³-hybridized carbons (Fsp3) is 0.143. The van der Waals surface area contributed by atoms with Gasteiger partial charge in [0.15, 0.2) is 0 Å². The predicted octanol–water partition coefficient (Wildman–Crippen LogP) is 3.01. The van der Waals surface area contributed by atoms with Gasteiger partial charge < -0.3 is 14.8 Å². The van der Waals surface area contributed by atoms with E-state index in [0.29, 0.717) is 18.5 Å². The molecule has 5 nitrogen and oxygen atoms in total. The number of rotatable bonds is 4. The van der Waals surface area contributed by atoms with Crippen LogP contribution in [0.15, 0.2) is 79.1 Å². The molecule has 1 saturated heterocycles. The minimum atomic E-state index is -0.181. The van der Waals surface area contributed by atoms with Gasteiger partial charge >= 0.3 is 0 Å². The van der Waals surface area contributed by atoms with Crippen molar-refractivity contribution in [3.05, 3.63) is 84.7 Å². The number of hydrogen-bond donors (Lipinski definition) is 1. The van der Waals surface area contributed by atoms with Crippen molar-refractivity contribution in [1.82, 2.24) is 9.88 Å². The maximum Gasteiger partial charge on any atom is 0.251 e. The summed E-state index contributed by atoms with van der Waals surface area (Å²) >= 11 is 0. The van der Waals surface area contributed by atoms with E-state index in [1.165, 1.54) is 0 Å². The van der Waals surface area contributed by atoms with Crippen LogP contribution < -0.4 is 10.2 Å². The number of benzene rings is 2. The van der Waals surface area contributed by atoms with Crippen LogP contribution in [-0.2, 0) is 4.79 Å². The second-order valence-electron chi connectivity index (χ2n) is 6.35. The lowest BCUT2D eigenvalue weighted by Gasteiger charge is -2.17. The topological polar surface area (TPSA) is 54.3 Å². The van der Waals surface area contributed by atoms with E-state index in [0.717, 1.165) is 11.4 Å². The van der Waals surface area contributed by atoms with Gasteiger partial charge in [0, 0.05) is 42.3 Å². The molecule has 1 atom stereocenters. The van der Waals surface area contributed by atoms with Crippen molar-refractivity contribution in [3.63, 3.8) is 0 Å². The van der Waals surface area contributed by atoms with Crippen LogP contribution >= 0.6 is 0 Å². The number of nitrogens with one attached hydrogen (secondary N) is 1. The molecule has 4 rings (SSSR count). The average Bonchev–Trinajstić information content (AvgIpc) is 3.32. The third-order valence-electron chi connectivity index (χ3n) is 4.56. The molecule has 0 radical (unpaired) electrons. The minimum Gasteiger partial charge on any atom is -0.347 e. The summed E-state index contributed by atoms with van der Waals surface area (Å²) in [4.78, 5) is 26.5. The van der Waals surface area contributed by atoms with Gasteiger partial charge in [-0.3, -0.25) is 9.59 Å². The molecule has 2 heterocycles. The molecule has 1 N–H and O–H groups in total. The fourth-order valence-electron chi connectivity index (χ4n) is 3.22. The lowest BCUT2D eigenvalue weighted by atomic mass is 10.1. The van der Waals surface area contributed by atoms with E-state index in [2.05, 4.69) is 5.32 Å². The second kappa shape index (κ2) is 6.88. The van der Waals surface area contributed by atoms with Gasteiger partial charge in [-0.15, -0.1) is 0 Å². The van der Waals surface area contributed by atoms with E-state index in [1.54, 1.807) is 17.0 Å². The third kappa shape index (κ3) is 3.24. The molecule has 2 amide bonds.